The summed E-state index contributed by atoms with van der Waals surface area (Å²) in [7, 11) is 0. The van der Waals surface area contributed by atoms with Crippen molar-refractivity contribution < 1.29 is 0 Å². The Bertz CT molecular complexity index is 843. The Kier molecular flexibility index (Phi) is 8.11. The molecule has 1 fully saturated rings. The van der Waals surface area contributed by atoms with E-state index in [2.05, 4.69) is 21.1 Å². The fraction of sp³-hybridized carbons (Fsp3) is 0.450. The number of aromatic nitrogens is 2. The number of hydrogen-bond acceptors (Lipinski definition) is 4. The number of piperidine rings is 1. The van der Waals surface area contributed by atoms with Gasteiger partial charge in [0.15, 0.2) is 5.96 Å². The van der Waals surface area contributed by atoms with Crippen LogP contribution in [0.15, 0.2) is 29.3 Å². The molecule has 150 valence electrons. The van der Waals surface area contributed by atoms with Crippen LogP contribution in [0.1, 0.15) is 42.5 Å². The van der Waals surface area contributed by atoms with Crippen LogP contribution < -0.4 is 11.5 Å². The number of nitrogens with two attached hydrogens (primary N) is 2. The van der Waals surface area contributed by atoms with Crippen molar-refractivity contribution in [3.8, 4) is 11.8 Å². The molecule has 1 aliphatic heterocycles. The van der Waals surface area contributed by atoms with Crippen LogP contribution in [-0.2, 0) is 6.42 Å². The molecule has 0 unspecified atom stereocenters. The molecule has 1 aliphatic rings. The van der Waals surface area contributed by atoms with Crippen molar-refractivity contribution in [2.24, 2.45) is 10.7 Å². The van der Waals surface area contributed by atoms with Gasteiger partial charge in [-0.2, -0.15) is 10.4 Å². The van der Waals surface area contributed by atoms with Crippen LogP contribution in [0.5, 0.6) is 0 Å². The molecule has 0 spiro atoms. The molecule has 8 heteroatoms. The van der Waals surface area contributed by atoms with E-state index in [1.165, 1.54) is 19.3 Å². The molecule has 0 bridgehead atoms. The number of halogens is 1. The minimum Gasteiger partial charge on any atom is -0.382 e. The summed E-state index contributed by atoms with van der Waals surface area (Å²) in [4.78, 5) is 6.63. The van der Waals surface area contributed by atoms with E-state index in [9.17, 15) is 5.26 Å². The fourth-order valence-corrected chi connectivity index (χ4v) is 3.32. The SMILES string of the molecule is Cc1ccc(-n2nc(CCCN=C(N)N3CCCCC3)c(C#N)c2N)cc1.I. The van der Waals surface area contributed by atoms with Crippen LogP contribution in [0.4, 0.5) is 5.82 Å². The van der Waals surface area contributed by atoms with Crippen molar-refractivity contribution >= 4 is 35.8 Å². The van der Waals surface area contributed by atoms with Crippen LogP contribution in [0.25, 0.3) is 5.69 Å². The summed E-state index contributed by atoms with van der Waals surface area (Å²) in [5, 5.41) is 14.0. The normalized spacial score (nSPS) is 14.4. The lowest BCUT2D eigenvalue weighted by Gasteiger charge is -2.27. The van der Waals surface area contributed by atoms with E-state index < -0.39 is 0 Å². The fourth-order valence-electron chi connectivity index (χ4n) is 3.32. The van der Waals surface area contributed by atoms with Gasteiger partial charge in [0.1, 0.15) is 17.5 Å². The maximum atomic E-state index is 9.48. The number of nitrogen functional groups attached to an aromatic ring is 1. The Morgan fingerprint density at radius 1 is 1.21 bits per heavy atom. The molecule has 3 rings (SSSR count). The first-order valence-corrected chi connectivity index (χ1v) is 9.49. The topological polar surface area (TPSA) is 109 Å². The Balaban J connectivity index is 0.00000280. The molecule has 1 aromatic heterocycles. The van der Waals surface area contributed by atoms with Gasteiger partial charge in [0.2, 0.25) is 0 Å². The molecule has 1 aromatic carbocycles. The third-order valence-corrected chi connectivity index (χ3v) is 4.91. The number of guanidine groups is 1. The Morgan fingerprint density at radius 3 is 2.54 bits per heavy atom. The van der Waals surface area contributed by atoms with Gasteiger partial charge in [-0.1, -0.05) is 17.7 Å². The maximum Gasteiger partial charge on any atom is 0.191 e. The number of aliphatic imine (C=N–C) groups is 1. The Morgan fingerprint density at radius 2 is 1.89 bits per heavy atom. The summed E-state index contributed by atoms with van der Waals surface area (Å²) >= 11 is 0. The summed E-state index contributed by atoms with van der Waals surface area (Å²) in [5.41, 5.74) is 15.4. The van der Waals surface area contributed by atoms with Gasteiger partial charge in [0.05, 0.1) is 11.4 Å². The number of nitriles is 1. The van der Waals surface area contributed by atoms with Crippen molar-refractivity contribution in [3.63, 3.8) is 0 Å². The van der Waals surface area contributed by atoms with E-state index in [1.807, 2.05) is 31.2 Å². The molecular formula is C20H28IN7. The highest BCUT2D eigenvalue weighted by Gasteiger charge is 2.16. The van der Waals surface area contributed by atoms with Crippen LogP contribution >= 0.6 is 24.0 Å². The predicted molar refractivity (Wildman–Crippen MR) is 123 cm³/mol. The predicted octanol–water partition coefficient (Wildman–Crippen LogP) is 2.99. The number of nitrogens with zero attached hydrogens (tertiary/aromatic N) is 5. The van der Waals surface area contributed by atoms with Crippen molar-refractivity contribution in [1.82, 2.24) is 14.7 Å². The molecule has 4 N–H and O–H groups in total. The molecule has 28 heavy (non-hydrogen) atoms. The van der Waals surface area contributed by atoms with Crippen molar-refractivity contribution in [3.05, 3.63) is 41.1 Å². The summed E-state index contributed by atoms with van der Waals surface area (Å²) < 4.78 is 1.64. The number of rotatable bonds is 5. The van der Waals surface area contributed by atoms with E-state index in [0.717, 1.165) is 30.8 Å². The number of aryl methyl sites for hydroxylation is 2. The molecule has 1 saturated heterocycles. The molecular weight excluding hydrogens is 465 g/mol. The summed E-state index contributed by atoms with van der Waals surface area (Å²) in [6.07, 6.45) is 5.04. The molecule has 0 radical (unpaired) electrons. The van der Waals surface area contributed by atoms with Gasteiger partial charge < -0.3 is 16.4 Å². The van der Waals surface area contributed by atoms with Crippen LogP contribution in [-0.4, -0.2) is 40.3 Å². The average molecular weight is 493 g/mol. The zero-order valence-corrected chi connectivity index (χ0v) is 18.6. The van der Waals surface area contributed by atoms with E-state index in [1.54, 1.807) is 4.68 Å². The molecule has 0 amide bonds. The second-order valence-electron chi connectivity index (χ2n) is 6.96. The van der Waals surface area contributed by atoms with E-state index in [0.29, 0.717) is 36.0 Å². The second-order valence-corrected chi connectivity index (χ2v) is 6.96. The van der Waals surface area contributed by atoms with Gasteiger partial charge in [-0.3, -0.25) is 4.99 Å². The third kappa shape index (κ3) is 5.16. The van der Waals surface area contributed by atoms with Crippen molar-refractivity contribution in [2.75, 3.05) is 25.4 Å². The molecule has 0 saturated carbocycles. The van der Waals surface area contributed by atoms with Gasteiger partial charge in [-0.25, -0.2) is 4.68 Å². The highest BCUT2D eigenvalue weighted by atomic mass is 127. The quantitative estimate of drug-likeness (QED) is 0.288. The highest BCUT2D eigenvalue weighted by Crippen LogP contribution is 2.22. The Labute approximate surface area is 183 Å². The van der Waals surface area contributed by atoms with Gasteiger partial charge in [-0.05, 0) is 51.2 Å². The number of hydrogen-bond donors (Lipinski definition) is 2. The first-order valence-electron chi connectivity index (χ1n) is 9.49. The lowest BCUT2D eigenvalue weighted by molar-refractivity contribution is 0.338. The van der Waals surface area contributed by atoms with E-state index in [4.69, 9.17) is 11.5 Å². The average Bonchev–Trinajstić information content (AvgIpc) is 3.01. The molecule has 0 atom stereocenters. The van der Waals surface area contributed by atoms with Crippen LogP contribution in [0.2, 0.25) is 0 Å². The van der Waals surface area contributed by atoms with Gasteiger partial charge in [0.25, 0.3) is 0 Å². The molecule has 7 nitrogen and oxygen atoms in total. The molecule has 2 heterocycles. The van der Waals surface area contributed by atoms with Crippen LogP contribution in [0, 0.1) is 18.3 Å². The molecule has 0 aliphatic carbocycles. The first-order chi connectivity index (χ1) is 13.1. The Hall–Kier alpha value is -2.28. The molecule has 2 aromatic rings. The summed E-state index contributed by atoms with van der Waals surface area (Å²) in [5.74, 6) is 1.01. The summed E-state index contributed by atoms with van der Waals surface area (Å²) in [6, 6.07) is 10.1. The second kappa shape index (κ2) is 10.3. The van der Waals surface area contributed by atoms with Crippen molar-refractivity contribution in [1.29, 1.82) is 5.26 Å². The minimum absolute atomic E-state index is 0. The smallest absolute Gasteiger partial charge is 0.191 e. The number of benzene rings is 1. The number of likely N-dealkylation sites (tertiary alicyclic amines) is 1. The lowest BCUT2D eigenvalue weighted by atomic mass is 10.1. The van der Waals surface area contributed by atoms with Gasteiger partial charge >= 0.3 is 0 Å². The maximum absolute atomic E-state index is 9.48. The van der Waals surface area contributed by atoms with Gasteiger partial charge in [-0.15, -0.1) is 24.0 Å². The van der Waals surface area contributed by atoms with Crippen molar-refractivity contribution in [2.45, 2.75) is 39.0 Å². The summed E-state index contributed by atoms with van der Waals surface area (Å²) in [6.45, 7) is 4.62. The highest BCUT2D eigenvalue weighted by molar-refractivity contribution is 14.0. The van der Waals surface area contributed by atoms with Gasteiger partial charge in [0, 0.05) is 19.6 Å². The van der Waals surface area contributed by atoms with Crippen LogP contribution in [0.3, 0.4) is 0 Å². The zero-order chi connectivity index (χ0) is 19.2. The van der Waals surface area contributed by atoms with E-state index in [-0.39, 0.29) is 24.0 Å². The third-order valence-electron chi connectivity index (χ3n) is 4.91. The van der Waals surface area contributed by atoms with E-state index >= 15 is 0 Å². The zero-order valence-electron chi connectivity index (χ0n) is 16.3. The lowest BCUT2D eigenvalue weighted by Crippen LogP contribution is -2.40. The minimum atomic E-state index is 0. The number of anilines is 1. The monoisotopic (exact) mass is 493 g/mol. The first kappa shape index (κ1) is 22.0. The largest absolute Gasteiger partial charge is 0.382 e. The standard InChI is InChI=1S/C20H27N7.HI/c1-15-7-9-16(10-8-15)27-19(22)17(14-21)18(25-27)6-5-11-24-20(23)26-12-3-2-4-13-26;/h7-10H,2-6,11-13,22H2,1H3,(H2,23,24);1H.